The molecule has 0 aromatic carbocycles. The van der Waals surface area contributed by atoms with Crippen LogP contribution in [0.4, 0.5) is 0 Å². The highest BCUT2D eigenvalue weighted by molar-refractivity contribution is 5.13. The van der Waals surface area contributed by atoms with Gasteiger partial charge in [0.15, 0.2) is 35.7 Å². The van der Waals surface area contributed by atoms with Gasteiger partial charge in [0.1, 0.15) is 0 Å². The maximum absolute atomic E-state index is 6.99. The van der Waals surface area contributed by atoms with Crippen LogP contribution in [0, 0.1) is 71.0 Å². The second-order valence-electron chi connectivity index (χ2n) is 25.5. The second kappa shape index (κ2) is 18.3. The molecule has 6 unspecified atom stereocenters. The van der Waals surface area contributed by atoms with Crippen molar-refractivity contribution < 1.29 is 67.2 Å². The minimum Gasteiger partial charge on any atom is -0.380 e. The number of ether oxygens (including phenoxy) is 8. The van der Waals surface area contributed by atoms with Crippen LogP contribution in [-0.4, -0.2) is 110 Å². The summed E-state index contributed by atoms with van der Waals surface area (Å²) in [6.07, 6.45) is 13.4. The van der Waals surface area contributed by atoms with Gasteiger partial charge in [0, 0.05) is 50.2 Å². The molecular weight excluding hydrogens is 887 g/mol. The van der Waals surface area contributed by atoms with Gasteiger partial charge in [-0.05, 0) is 158 Å². The summed E-state index contributed by atoms with van der Waals surface area (Å²) in [7, 11) is 0. The normalized spacial score (nSPS) is 56.3. The lowest BCUT2D eigenvalue weighted by Crippen LogP contribution is -2.70. The van der Waals surface area contributed by atoms with Crippen molar-refractivity contribution in [2.24, 2.45) is 71.0 Å². The Hall–Kier alpha value is -0.600. The average Bonchev–Trinajstić information content (AvgIpc) is 3.81. The summed E-state index contributed by atoms with van der Waals surface area (Å²) in [6.45, 7) is 23.0. The van der Waals surface area contributed by atoms with E-state index in [1.54, 1.807) is 0 Å². The van der Waals surface area contributed by atoms with Crippen LogP contribution in [-0.2, 0) is 67.2 Å². The summed E-state index contributed by atoms with van der Waals surface area (Å²) in [5, 5.41) is 3.88. The first-order valence-corrected chi connectivity index (χ1v) is 28.1. The molecule has 15 aliphatic rings. The van der Waals surface area contributed by atoms with Crippen LogP contribution in [0.1, 0.15) is 159 Å². The number of hydrogen-bond donors (Lipinski definition) is 1. The van der Waals surface area contributed by atoms with Gasteiger partial charge in [-0.3, -0.25) is 0 Å². The van der Waals surface area contributed by atoms with Crippen molar-refractivity contribution in [3.8, 4) is 0 Å². The first kappa shape index (κ1) is 49.3. The number of hydrogen-bond acceptors (Lipinski definition) is 15. The van der Waals surface area contributed by atoms with Crippen LogP contribution >= 0.6 is 0 Å². The Bertz CT molecular complexity index is 1760. The molecule has 1 N–H and O–H groups in total. The predicted molar refractivity (Wildman–Crippen MR) is 248 cm³/mol. The fraction of sp³-hybridized carbons (Fsp3) is 1.00. The topological polar surface area (TPSA) is 141 Å². The van der Waals surface area contributed by atoms with E-state index >= 15 is 0 Å². The molecule has 15 fully saturated rings. The highest BCUT2D eigenvalue weighted by Crippen LogP contribution is 2.64. The van der Waals surface area contributed by atoms with E-state index in [0.717, 1.165) is 83.6 Å². The highest BCUT2D eigenvalue weighted by Gasteiger charge is 2.72. The van der Waals surface area contributed by atoms with E-state index in [1.165, 1.54) is 19.3 Å². The Labute approximate surface area is 411 Å². The lowest BCUT2D eigenvalue weighted by atomic mass is 9.57. The summed E-state index contributed by atoms with van der Waals surface area (Å²) in [5.74, 6) is 2.04. The van der Waals surface area contributed by atoms with Crippen LogP contribution in [0.25, 0.3) is 0 Å². The molecule has 69 heavy (non-hydrogen) atoms. The third-order valence-corrected chi connectivity index (χ3v) is 21.5. The van der Waals surface area contributed by atoms with Gasteiger partial charge in [0.05, 0.1) is 37.6 Å². The van der Waals surface area contributed by atoms with Gasteiger partial charge in [0.25, 0.3) is 0 Å². The average molecular weight is 974 g/mol. The molecule has 6 bridgehead atoms. The maximum Gasteiger partial charge on any atom is 0.201 e. The Balaban J connectivity index is 0.696. The summed E-state index contributed by atoms with van der Waals surface area (Å²) in [4.78, 5) is 37.6. The van der Waals surface area contributed by atoms with Crippen molar-refractivity contribution >= 4 is 0 Å². The minimum atomic E-state index is -0.787. The molecule has 12 heterocycles. The Kier molecular flexibility index (Phi) is 13.1. The molecule has 0 radical (unpaired) electrons. The van der Waals surface area contributed by atoms with Crippen molar-refractivity contribution in [2.45, 2.75) is 236 Å². The quantitative estimate of drug-likeness (QED) is 0.131. The van der Waals surface area contributed by atoms with Gasteiger partial charge in [-0.1, -0.05) is 41.5 Å². The molecule has 12 aliphatic heterocycles. The van der Waals surface area contributed by atoms with Gasteiger partial charge >= 0.3 is 0 Å². The zero-order valence-electron chi connectivity index (χ0n) is 43.3. The third kappa shape index (κ3) is 7.95. The van der Waals surface area contributed by atoms with E-state index in [0.29, 0.717) is 79.7 Å². The zero-order chi connectivity index (χ0) is 47.7. The number of rotatable bonds is 14. The van der Waals surface area contributed by atoms with Crippen LogP contribution in [0.5, 0.6) is 0 Å². The van der Waals surface area contributed by atoms with Crippen molar-refractivity contribution in [3.63, 3.8) is 0 Å². The predicted octanol–water partition coefficient (Wildman–Crippen LogP) is 8.90. The van der Waals surface area contributed by atoms with E-state index in [1.807, 2.05) is 20.8 Å². The maximum atomic E-state index is 6.99. The van der Waals surface area contributed by atoms with Crippen LogP contribution in [0.15, 0.2) is 0 Å². The van der Waals surface area contributed by atoms with Crippen LogP contribution in [0.2, 0.25) is 0 Å². The molecule has 0 aromatic rings. The summed E-state index contributed by atoms with van der Waals surface area (Å²) < 4.78 is 54.1. The zero-order valence-corrected chi connectivity index (χ0v) is 43.3. The van der Waals surface area contributed by atoms with E-state index in [9.17, 15) is 0 Å². The van der Waals surface area contributed by atoms with Crippen molar-refractivity contribution in [1.82, 2.24) is 5.32 Å². The van der Waals surface area contributed by atoms with Crippen LogP contribution < -0.4 is 5.32 Å². The Morgan fingerprint density at radius 3 is 1.14 bits per heavy atom. The molecule has 3 spiro atoms. The lowest BCUT2D eigenvalue weighted by Gasteiger charge is -2.60. The first-order chi connectivity index (χ1) is 33.1. The van der Waals surface area contributed by atoms with Crippen LogP contribution in [0.3, 0.4) is 0 Å². The molecule has 3 saturated carbocycles. The molecule has 392 valence electrons. The fourth-order valence-corrected chi connectivity index (χ4v) is 17.4. The van der Waals surface area contributed by atoms with Gasteiger partial charge < -0.3 is 43.2 Å². The summed E-state index contributed by atoms with van der Waals surface area (Å²) in [6, 6.07) is -0.0316. The van der Waals surface area contributed by atoms with Crippen molar-refractivity contribution in [1.29, 1.82) is 0 Å². The van der Waals surface area contributed by atoms with Crippen molar-refractivity contribution in [2.75, 3.05) is 33.0 Å². The largest absolute Gasteiger partial charge is 0.380 e. The first-order valence-electron chi connectivity index (χ1n) is 28.1. The summed E-state index contributed by atoms with van der Waals surface area (Å²) in [5.41, 5.74) is -1.68. The van der Waals surface area contributed by atoms with Gasteiger partial charge in [-0.2, -0.15) is 0 Å². The third-order valence-electron chi connectivity index (χ3n) is 21.5. The SMILES string of the molecule is C[C@@H]1CC[C@H]2[C@@H](C)C(CCNC(COCCC3O[C@@H]4OC5(C)CC[C@H]6[C@H](C)CC[C@@H]([C@H]3C)[C@@]46OO5)COCCC3O[C@@H]4OC5(C)CC[C@H]6[C@H](C)CC[C@@H]([C@H]3C)[C@@]46OO5)O[C@@H]3OC4(C)CC[C@@H]1[C@]32OO4. The van der Waals surface area contributed by atoms with E-state index in [-0.39, 0.29) is 42.1 Å². The molecule has 15 heteroatoms. The molecule has 12 saturated heterocycles. The smallest absolute Gasteiger partial charge is 0.201 e. The van der Waals surface area contributed by atoms with Crippen molar-refractivity contribution in [3.05, 3.63) is 0 Å². The molecular formula is C54H87NO14. The molecule has 0 aromatic heterocycles. The van der Waals surface area contributed by atoms with E-state index < -0.39 is 53.0 Å². The lowest BCUT2D eigenvalue weighted by molar-refractivity contribution is -0.571. The summed E-state index contributed by atoms with van der Waals surface area (Å²) >= 11 is 0. The Morgan fingerprint density at radius 2 is 0.783 bits per heavy atom. The van der Waals surface area contributed by atoms with Gasteiger partial charge in [0.2, 0.25) is 17.4 Å². The number of nitrogens with one attached hydrogen (secondary N) is 1. The molecule has 15 rings (SSSR count). The molecule has 0 amide bonds. The molecule has 24 atom stereocenters. The monoisotopic (exact) mass is 974 g/mol. The number of fused-ring (bicyclic) bond motifs is 6. The fourth-order valence-electron chi connectivity index (χ4n) is 17.4. The Morgan fingerprint density at radius 1 is 0.435 bits per heavy atom. The molecule has 3 aliphatic carbocycles. The van der Waals surface area contributed by atoms with Gasteiger partial charge in [-0.25, -0.2) is 29.3 Å². The van der Waals surface area contributed by atoms with E-state index in [4.69, 9.17) is 67.2 Å². The second-order valence-corrected chi connectivity index (χ2v) is 25.5. The van der Waals surface area contributed by atoms with E-state index in [2.05, 4.69) is 46.9 Å². The molecule has 15 nitrogen and oxygen atoms in total. The standard InChI is InChI=1S/C54H87NO14/c1-30-10-13-40-33(4)43(58-46-52(40)37(30)16-22-49(7,61-46)64-67-52)19-25-55-36(28-56-26-20-44-34(5)41-14-11-31(2)38-17-23-50(8)62-47(59-44)53(38,41)68-65-50)29-57-27-21-45-35(6)42-15-12-32(3)39-18-24-51(9)63-48(60-45)54(39,42)69-66-51/h30-48,55H,10-29H2,1-9H3/t30-,31-,32-,33-,34-,35-,36?,37+,38+,39+,40+,41+,42+,43?,44?,45?,46-,47-,48-,49?,50?,51?,52-,53-,54-/m1/s1. The highest BCUT2D eigenvalue weighted by atomic mass is 17.3. The minimum absolute atomic E-state index is 0.00548. The van der Waals surface area contributed by atoms with Gasteiger partial charge in [-0.15, -0.1) is 0 Å².